The summed E-state index contributed by atoms with van der Waals surface area (Å²) in [7, 11) is 1.67. The van der Waals surface area contributed by atoms with Gasteiger partial charge in [0.25, 0.3) is 5.91 Å². The molecule has 0 fully saturated rings. The van der Waals surface area contributed by atoms with Gasteiger partial charge in [-0.05, 0) is 40.6 Å². The molecule has 2 aromatic heterocycles. The number of nitrogens with zero attached hydrogens (tertiary/aromatic N) is 5. The van der Waals surface area contributed by atoms with E-state index in [0.717, 1.165) is 20.1 Å². The first-order valence-electron chi connectivity index (χ1n) is 8.39. The molecule has 1 amide bonds. The highest BCUT2D eigenvalue weighted by Crippen LogP contribution is 2.19. The fraction of sp³-hybridized carbons (Fsp3) is 0.278. The van der Waals surface area contributed by atoms with E-state index in [4.69, 9.17) is 4.74 Å². The largest absolute Gasteiger partial charge is 0.454 e. The highest BCUT2D eigenvalue weighted by molar-refractivity contribution is 7.98. The lowest BCUT2D eigenvalue weighted by Gasteiger charge is -2.17. The van der Waals surface area contributed by atoms with Crippen LogP contribution >= 0.6 is 23.1 Å². The van der Waals surface area contributed by atoms with Gasteiger partial charge in [-0.25, -0.2) is 4.79 Å². The highest BCUT2D eigenvalue weighted by atomic mass is 32.2. The topological polar surface area (TPSA) is 90.2 Å². The number of carbonyl (C=O) groups is 2. The van der Waals surface area contributed by atoms with Crippen LogP contribution in [0, 0.1) is 0 Å². The molecule has 0 aliphatic heterocycles. The van der Waals surface area contributed by atoms with Gasteiger partial charge in [0, 0.05) is 18.5 Å². The van der Waals surface area contributed by atoms with Gasteiger partial charge in [-0.2, -0.15) is 4.80 Å². The molecule has 0 radical (unpaired) electrons. The summed E-state index contributed by atoms with van der Waals surface area (Å²) >= 11 is 3.14. The first-order chi connectivity index (χ1) is 13.5. The van der Waals surface area contributed by atoms with Crippen LogP contribution in [-0.4, -0.2) is 56.9 Å². The molecule has 0 saturated heterocycles. The number of thioether (sulfide) groups is 1. The summed E-state index contributed by atoms with van der Waals surface area (Å²) in [5, 5.41) is 13.8. The van der Waals surface area contributed by atoms with Crippen molar-refractivity contribution >= 4 is 35.0 Å². The fourth-order valence-electron chi connectivity index (χ4n) is 2.32. The van der Waals surface area contributed by atoms with Crippen molar-refractivity contribution in [1.29, 1.82) is 0 Å². The van der Waals surface area contributed by atoms with E-state index in [9.17, 15) is 9.59 Å². The molecule has 146 valence electrons. The predicted molar refractivity (Wildman–Crippen MR) is 107 cm³/mol. The second kappa shape index (κ2) is 9.47. The molecule has 28 heavy (non-hydrogen) atoms. The first kappa shape index (κ1) is 20.0. The number of hydrogen-bond donors (Lipinski definition) is 0. The SMILES string of the molecule is CSc1ccc(CN(C)C(=O)COC(=O)Cn2nnc(-c3cccs3)n2)cc1. The molecule has 0 N–H and O–H groups in total. The van der Waals surface area contributed by atoms with Crippen LogP contribution in [0.1, 0.15) is 5.56 Å². The van der Waals surface area contributed by atoms with Gasteiger partial charge in [0.15, 0.2) is 13.2 Å². The van der Waals surface area contributed by atoms with Gasteiger partial charge in [0.05, 0.1) is 4.88 Å². The third-order valence-corrected chi connectivity index (χ3v) is 5.44. The Balaban J connectivity index is 1.45. The Morgan fingerprint density at radius 3 is 2.71 bits per heavy atom. The van der Waals surface area contributed by atoms with Crippen molar-refractivity contribution in [2.24, 2.45) is 0 Å². The number of tetrazole rings is 1. The molecule has 0 spiro atoms. The zero-order valence-electron chi connectivity index (χ0n) is 15.4. The highest BCUT2D eigenvalue weighted by Gasteiger charge is 2.15. The van der Waals surface area contributed by atoms with Gasteiger partial charge in [0.1, 0.15) is 0 Å². The average Bonchev–Trinajstić information content (AvgIpc) is 3.38. The Kier molecular flexibility index (Phi) is 6.77. The van der Waals surface area contributed by atoms with Crippen LogP contribution in [0.25, 0.3) is 10.7 Å². The maximum Gasteiger partial charge on any atom is 0.330 e. The second-order valence-electron chi connectivity index (χ2n) is 5.88. The van der Waals surface area contributed by atoms with Crippen LogP contribution in [-0.2, 0) is 27.4 Å². The third kappa shape index (κ3) is 5.40. The predicted octanol–water partition coefficient (Wildman–Crippen LogP) is 2.33. The zero-order chi connectivity index (χ0) is 19.9. The molecule has 1 aromatic carbocycles. The minimum Gasteiger partial charge on any atom is -0.454 e. The normalized spacial score (nSPS) is 10.6. The van der Waals surface area contributed by atoms with E-state index >= 15 is 0 Å². The smallest absolute Gasteiger partial charge is 0.330 e. The summed E-state index contributed by atoms with van der Waals surface area (Å²) in [5.41, 5.74) is 1.01. The summed E-state index contributed by atoms with van der Waals surface area (Å²) in [5.74, 6) is -0.430. The van der Waals surface area contributed by atoms with Crippen LogP contribution < -0.4 is 0 Å². The summed E-state index contributed by atoms with van der Waals surface area (Å²) in [6, 6.07) is 11.7. The molecule has 3 aromatic rings. The summed E-state index contributed by atoms with van der Waals surface area (Å²) in [4.78, 5) is 28.8. The molecular weight excluding hydrogens is 398 g/mol. The van der Waals surface area contributed by atoms with E-state index < -0.39 is 5.97 Å². The molecule has 0 saturated carbocycles. The van der Waals surface area contributed by atoms with Crippen molar-refractivity contribution in [3.8, 4) is 10.7 Å². The summed E-state index contributed by atoms with van der Waals surface area (Å²) in [6.07, 6.45) is 2.01. The van der Waals surface area contributed by atoms with Gasteiger partial charge < -0.3 is 9.64 Å². The van der Waals surface area contributed by atoms with Gasteiger partial charge in [-0.15, -0.1) is 33.3 Å². The van der Waals surface area contributed by atoms with E-state index in [2.05, 4.69) is 15.4 Å². The number of likely N-dealkylation sites (N-methyl/N-ethyl adjacent to an activating group) is 1. The Morgan fingerprint density at radius 2 is 2.04 bits per heavy atom. The quantitative estimate of drug-likeness (QED) is 0.410. The molecule has 0 bridgehead atoms. The van der Waals surface area contributed by atoms with Gasteiger partial charge in [-0.3, -0.25) is 4.79 Å². The van der Waals surface area contributed by atoms with E-state index in [1.54, 1.807) is 18.8 Å². The lowest BCUT2D eigenvalue weighted by molar-refractivity contribution is -0.152. The van der Waals surface area contributed by atoms with Crippen molar-refractivity contribution in [3.05, 3.63) is 47.3 Å². The maximum atomic E-state index is 12.2. The van der Waals surface area contributed by atoms with E-state index in [1.807, 2.05) is 48.0 Å². The van der Waals surface area contributed by atoms with Gasteiger partial charge >= 0.3 is 5.97 Å². The average molecular weight is 418 g/mol. The van der Waals surface area contributed by atoms with Crippen molar-refractivity contribution in [3.63, 3.8) is 0 Å². The Bertz CT molecular complexity index is 925. The molecular formula is C18H19N5O3S2. The lowest BCUT2D eigenvalue weighted by Crippen LogP contribution is -2.31. The van der Waals surface area contributed by atoms with Crippen molar-refractivity contribution in [2.45, 2.75) is 18.0 Å². The Hall–Kier alpha value is -2.72. The fourth-order valence-corrected chi connectivity index (χ4v) is 3.38. The van der Waals surface area contributed by atoms with Gasteiger partial charge in [-0.1, -0.05) is 18.2 Å². The number of hydrogen-bond acceptors (Lipinski definition) is 8. The zero-order valence-corrected chi connectivity index (χ0v) is 17.1. The van der Waals surface area contributed by atoms with E-state index in [-0.39, 0.29) is 19.1 Å². The minimum absolute atomic E-state index is 0.203. The Morgan fingerprint density at radius 1 is 1.25 bits per heavy atom. The summed E-state index contributed by atoms with van der Waals surface area (Å²) < 4.78 is 5.04. The van der Waals surface area contributed by atoms with E-state index in [0.29, 0.717) is 12.4 Å². The van der Waals surface area contributed by atoms with Crippen LogP contribution in [0.5, 0.6) is 0 Å². The molecule has 0 unspecified atom stereocenters. The number of carbonyl (C=O) groups excluding carboxylic acids is 2. The van der Waals surface area contributed by atoms with E-state index in [1.165, 1.54) is 16.2 Å². The standard InChI is InChI=1S/C18H19N5O3S2/c1-22(10-13-5-7-14(27-2)8-6-13)16(24)12-26-17(25)11-23-20-18(19-21-23)15-4-3-9-28-15/h3-9H,10-12H2,1-2H3. The van der Waals surface area contributed by atoms with Crippen LogP contribution in [0.3, 0.4) is 0 Å². The maximum absolute atomic E-state index is 12.2. The minimum atomic E-state index is -0.596. The molecule has 0 aliphatic rings. The molecule has 0 atom stereocenters. The first-order valence-corrected chi connectivity index (χ1v) is 10.5. The van der Waals surface area contributed by atoms with Crippen molar-refractivity contribution in [1.82, 2.24) is 25.1 Å². The Labute approximate surface area is 170 Å². The number of benzene rings is 1. The summed E-state index contributed by atoms with van der Waals surface area (Å²) in [6.45, 7) is -0.0872. The van der Waals surface area contributed by atoms with Crippen LogP contribution in [0.15, 0.2) is 46.7 Å². The number of amides is 1. The van der Waals surface area contributed by atoms with Crippen molar-refractivity contribution in [2.75, 3.05) is 19.9 Å². The number of ether oxygens (including phenoxy) is 1. The number of rotatable bonds is 8. The lowest BCUT2D eigenvalue weighted by atomic mass is 10.2. The monoisotopic (exact) mass is 417 g/mol. The second-order valence-corrected chi connectivity index (χ2v) is 7.71. The molecule has 3 rings (SSSR count). The number of thiophene rings is 1. The number of esters is 1. The van der Waals surface area contributed by atoms with Crippen LogP contribution in [0.4, 0.5) is 0 Å². The van der Waals surface area contributed by atoms with Crippen molar-refractivity contribution < 1.29 is 14.3 Å². The van der Waals surface area contributed by atoms with Gasteiger partial charge in [0.2, 0.25) is 5.82 Å². The number of aromatic nitrogens is 4. The molecule has 8 nitrogen and oxygen atoms in total. The molecule has 0 aliphatic carbocycles. The molecule has 10 heteroatoms. The molecule has 2 heterocycles. The third-order valence-electron chi connectivity index (χ3n) is 3.83. The van der Waals surface area contributed by atoms with Crippen LogP contribution in [0.2, 0.25) is 0 Å².